The molecule has 3 heteroatoms. The third kappa shape index (κ3) is 3.07. The third-order valence-corrected chi connectivity index (χ3v) is 5.11. The summed E-state index contributed by atoms with van der Waals surface area (Å²) >= 11 is 0. The number of fused-ring (bicyclic) bond motifs is 1. The Hall–Kier alpha value is -1.51. The van der Waals surface area contributed by atoms with Gasteiger partial charge in [-0.05, 0) is 73.6 Å². The maximum atomic E-state index is 11.3. The lowest BCUT2D eigenvalue weighted by molar-refractivity contribution is -0.149. The number of rotatable bonds is 3. The van der Waals surface area contributed by atoms with Crippen molar-refractivity contribution >= 4 is 5.97 Å². The molecule has 1 aromatic rings. The van der Waals surface area contributed by atoms with E-state index in [9.17, 15) is 4.79 Å². The molecule has 0 radical (unpaired) electrons. The van der Waals surface area contributed by atoms with Crippen LogP contribution in [0.5, 0.6) is 5.75 Å². The number of carbonyl (C=O) groups is 1. The van der Waals surface area contributed by atoms with Crippen molar-refractivity contribution < 1.29 is 14.3 Å². The predicted octanol–water partition coefficient (Wildman–Crippen LogP) is 3.53. The molecule has 1 aromatic carbocycles. The van der Waals surface area contributed by atoms with Crippen molar-refractivity contribution in [2.45, 2.75) is 51.6 Å². The van der Waals surface area contributed by atoms with Crippen LogP contribution in [0.1, 0.15) is 43.7 Å². The molecule has 2 aliphatic carbocycles. The number of benzene rings is 1. The van der Waals surface area contributed by atoms with Crippen LogP contribution in [0.3, 0.4) is 0 Å². The molecule has 0 aliphatic heterocycles. The molecule has 0 spiro atoms. The first kappa shape index (κ1) is 14.4. The van der Waals surface area contributed by atoms with Gasteiger partial charge in [0, 0.05) is 6.92 Å². The zero-order chi connectivity index (χ0) is 14.8. The maximum Gasteiger partial charge on any atom is 0.302 e. The van der Waals surface area contributed by atoms with Crippen LogP contribution in [0.25, 0.3) is 0 Å². The summed E-state index contributed by atoms with van der Waals surface area (Å²) in [7, 11) is 1.72. The molecule has 1 fully saturated rings. The second kappa shape index (κ2) is 6.08. The first-order valence-electron chi connectivity index (χ1n) is 8.00. The number of carbonyl (C=O) groups excluding carboxylic acids is 1. The van der Waals surface area contributed by atoms with E-state index in [1.54, 1.807) is 7.11 Å². The molecular formula is C18H24O3. The first-order valence-corrected chi connectivity index (χ1v) is 8.00. The van der Waals surface area contributed by atoms with E-state index < -0.39 is 0 Å². The van der Waals surface area contributed by atoms with Crippen LogP contribution in [-0.4, -0.2) is 19.2 Å². The smallest absolute Gasteiger partial charge is 0.302 e. The van der Waals surface area contributed by atoms with Gasteiger partial charge in [0.2, 0.25) is 0 Å². The highest BCUT2D eigenvalue weighted by Gasteiger charge is 2.37. The van der Waals surface area contributed by atoms with E-state index in [1.165, 1.54) is 37.3 Å². The minimum Gasteiger partial charge on any atom is -0.497 e. The Labute approximate surface area is 126 Å². The SMILES string of the molecule is COc1ccc2c(c1)CC[C@H]([C@@H]1CCC[C@H]1OC(C)=O)C2. The van der Waals surface area contributed by atoms with Crippen molar-refractivity contribution in [2.75, 3.05) is 7.11 Å². The summed E-state index contributed by atoms with van der Waals surface area (Å²) in [5.41, 5.74) is 2.87. The van der Waals surface area contributed by atoms with Gasteiger partial charge in [0.05, 0.1) is 7.11 Å². The van der Waals surface area contributed by atoms with Crippen molar-refractivity contribution in [3.05, 3.63) is 29.3 Å². The normalized spacial score (nSPS) is 28.0. The Morgan fingerprint density at radius 1 is 1.19 bits per heavy atom. The Balaban J connectivity index is 1.72. The van der Waals surface area contributed by atoms with Gasteiger partial charge in [-0.3, -0.25) is 4.79 Å². The molecule has 3 nitrogen and oxygen atoms in total. The minimum atomic E-state index is -0.132. The number of hydrogen-bond acceptors (Lipinski definition) is 3. The molecule has 0 aromatic heterocycles. The van der Waals surface area contributed by atoms with Crippen molar-refractivity contribution in [2.24, 2.45) is 11.8 Å². The van der Waals surface area contributed by atoms with Crippen LogP contribution in [0.2, 0.25) is 0 Å². The molecule has 3 atom stereocenters. The highest BCUT2D eigenvalue weighted by Crippen LogP contribution is 2.40. The van der Waals surface area contributed by atoms with E-state index in [0.29, 0.717) is 11.8 Å². The third-order valence-electron chi connectivity index (χ3n) is 5.11. The van der Waals surface area contributed by atoms with E-state index in [1.807, 2.05) is 0 Å². The van der Waals surface area contributed by atoms with Gasteiger partial charge in [-0.1, -0.05) is 6.07 Å². The lowest BCUT2D eigenvalue weighted by atomic mass is 9.75. The summed E-state index contributed by atoms with van der Waals surface area (Å²) in [4.78, 5) is 11.3. The van der Waals surface area contributed by atoms with Crippen molar-refractivity contribution in [3.63, 3.8) is 0 Å². The lowest BCUT2D eigenvalue weighted by Gasteiger charge is -2.32. The summed E-state index contributed by atoms with van der Waals surface area (Å²) < 4.78 is 10.9. The van der Waals surface area contributed by atoms with Gasteiger partial charge >= 0.3 is 5.97 Å². The van der Waals surface area contributed by atoms with E-state index in [4.69, 9.17) is 9.47 Å². The number of methoxy groups -OCH3 is 1. The van der Waals surface area contributed by atoms with Crippen LogP contribution in [0, 0.1) is 11.8 Å². The monoisotopic (exact) mass is 288 g/mol. The summed E-state index contributed by atoms with van der Waals surface area (Å²) in [6, 6.07) is 6.43. The number of hydrogen-bond donors (Lipinski definition) is 0. The van der Waals surface area contributed by atoms with Crippen LogP contribution >= 0.6 is 0 Å². The van der Waals surface area contributed by atoms with E-state index in [-0.39, 0.29) is 12.1 Å². The molecule has 21 heavy (non-hydrogen) atoms. The minimum absolute atomic E-state index is 0.132. The van der Waals surface area contributed by atoms with Gasteiger partial charge in [-0.15, -0.1) is 0 Å². The highest BCUT2D eigenvalue weighted by atomic mass is 16.5. The largest absolute Gasteiger partial charge is 0.497 e. The summed E-state index contributed by atoms with van der Waals surface area (Å²) in [6.07, 6.45) is 7.00. The van der Waals surface area contributed by atoms with Crippen molar-refractivity contribution in [3.8, 4) is 5.75 Å². The fourth-order valence-corrected chi connectivity index (χ4v) is 4.11. The molecule has 114 valence electrons. The Kier molecular flexibility index (Phi) is 4.18. The fraction of sp³-hybridized carbons (Fsp3) is 0.611. The van der Waals surface area contributed by atoms with E-state index >= 15 is 0 Å². The van der Waals surface area contributed by atoms with Gasteiger partial charge in [-0.2, -0.15) is 0 Å². The predicted molar refractivity (Wildman–Crippen MR) is 81.4 cm³/mol. The second-order valence-electron chi connectivity index (χ2n) is 6.38. The number of aryl methyl sites for hydroxylation is 1. The molecule has 0 unspecified atom stereocenters. The second-order valence-corrected chi connectivity index (χ2v) is 6.38. The number of esters is 1. The van der Waals surface area contributed by atoms with Gasteiger partial charge in [0.1, 0.15) is 11.9 Å². The Morgan fingerprint density at radius 3 is 2.81 bits per heavy atom. The molecular weight excluding hydrogens is 264 g/mol. The van der Waals surface area contributed by atoms with E-state index in [0.717, 1.165) is 25.0 Å². The Morgan fingerprint density at radius 2 is 2.05 bits per heavy atom. The summed E-state index contributed by atoms with van der Waals surface area (Å²) in [5.74, 6) is 2.01. The van der Waals surface area contributed by atoms with Crippen LogP contribution in [0.4, 0.5) is 0 Å². The molecule has 0 bridgehead atoms. The lowest BCUT2D eigenvalue weighted by Crippen LogP contribution is -2.30. The van der Waals surface area contributed by atoms with Gasteiger partial charge in [0.25, 0.3) is 0 Å². The summed E-state index contributed by atoms with van der Waals surface area (Å²) in [5, 5.41) is 0. The first-order chi connectivity index (χ1) is 10.2. The number of ether oxygens (including phenoxy) is 2. The molecule has 2 aliphatic rings. The zero-order valence-corrected chi connectivity index (χ0v) is 12.9. The maximum absolute atomic E-state index is 11.3. The molecule has 1 saturated carbocycles. The van der Waals surface area contributed by atoms with Crippen LogP contribution in [-0.2, 0) is 22.4 Å². The average molecular weight is 288 g/mol. The standard InChI is InChI=1S/C18H24O3/c1-12(19)21-18-5-3-4-17(18)15-7-6-14-11-16(20-2)9-8-13(14)10-15/h8-9,11,15,17-18H,3-7,10H2,1-2H3/t15-,17-,18+/m0/s1. The highest BCUT2D eigenvalue weighted by molar-refractivity contribution is 5.66. The van der Waals surface area contributed by atoms with Crippen LogP contribution < -0.4 is 4.74 Å². The summed E-state index contributed by atoms with van der Waals surface area (Å²) in [6.45, 7) is 1.53. The van der Waals surface area contributed by atoms with Crippen molar-refractivity contribution in [1.82, 2.24) is 0 Å². The fourth-order valence-electron chi connectivity index (χ4n) is 4.11. The van der Waals surface area contributed by atoms with Crippen molar-refractivity contribution in [1.29, 1.82) is 0 Å². The molecule has 0 N–H and O–H groups in total. The molecule has 0 saturated heterocycles. The zero-order valence-electron chi connectivity index (χ0n) is 12.9. The van der Waals surface area contributed by atoms with Gasteiger partial charge in [-0.25, -0.2) is 0 Å². The molecule has 3 rings (SSSR count). The van der Waals surface area contributed by atoms with E-state index in [2.05, 4.69) is 18.2 Å². The molecule has 0 amide bonds. The average Bonchev–Trinajstić information content (AvgIpc) is 2.93. The topological polar surface area (TPSA) is 35.5 Å². The Bertz CT molecular complexity index is 523. The quantitative estimate of drug-likeness (QED) is 0.798. The molecule has 0 heterocycles. The van der Waals surface area contributed by atoms with Gasteiger partial charge < -0.3 is 9.47 Å². The van der Waals surface area contributed by atoms with Crippen LogP contribution in [0.15, 0.2) is 18.2 Å². The van der Waals surface area contributed by atoms with Gasteiger partial charge in [0.15, 0.2) is 0 Å².